The number of rotatable bonds is 25. The Morgan fingerprint density at radius 1 is 0.495 bits per heavy atom. The molecule has 2 bridgehead atoms. The predicted octanol–water partition coefficient (Wildman–Crippen LogP) is 16.8. The average Bonchev–Trinajstić information content (AvgIpc) is 1.71. The number of hydrogen-bond donors (Lipinski definition) is 3. The Kier molecular flexibility index (Phi) is 22.8. The molecule has 3 atom stereocenters. The minimum absolute atomic E-state index is 0.348. The van der Waals surface area contributed by atoms with Crippen LogP contribution in [0.3, 0.4) is 0 Å². The second-order valence-electron chi connectivity index (χ2n) is 28.8. The van der Waals surface area contributed by atoms with Gasteiger partial charge in [0.05, 0.1) is 66.4 Å². The van der Waals surface area contributed by atoms with Crippen LogP contribution in [0.2, 0.25) is 5.02 Å². The number of carbonyl (C=O) groups is 3. The highest BCUT2D eigenvalue weighted by Crippen LogP contribution is 2.52. The first kappa shape index (κ1) is 71.8. The number of piperidine rings is 3. The molecule has 15 rings (SSSR count). The Morgan fingerprint density at radius 2 is 0.951 bits per heavy atom. The molecule has 3 unspecified atom stereocenters. The van der Waals surface area contributed by atoms with E-state index in [4.69, 9.17) is 50.2 Å². The van der Waals surface area contributed by atoms with Crippen LogP contribution in [0.5, 0.6) is 12.0 Å². The van der Waals surface area contributed by atoms with Gasteiger partial charge in [-0.15, -0.1) is 0 Å². The van der Waals surface area contributed by atoms with Gasteiger partial charge in [-0.2, -0.15) is 0 Å². The number of ether oxygens (including phenoxy) is 5. The van der Waals surface area contributed by atoms with E-state index in [-0.39, 0.29) is 0 Å². The number of aromatic nitrogens is 7. The third kappa shape index (κ3) is 16.3. The van der Waals surface area contributed by atoms with Crippen molar-refractivity contribution in [1.29, 1.82) is 0 Å². The molecule has 8 aromatic rings. The van der Waals surface area contributed by atoms with Crippen molar-refractivity contribution in [2.45, 2.75) is 197 Å². The number of fused-ring (bicyclic) bond motifs is 2. The summed E-state index contributed by atoms with van der Waals surface area (Å²) >= 11 is 6.07. The summed E-state index contributed by atoms with van der Waals surface area (Å²) in [6, 6.07) is 35.8. The monoisotopic (exact) mass is 1410 g/mol. The maximum absolute atomic E-state index is 11.3. The fourth-order valence-electron chi connectivity index (χ4n) is 16.1. The first-order valence-corrected chi connectivity index (χ1v) is 37.4. The predicted molar refractivity (Wildman–Crippen MR) is 401 cm³/mol. The lowest BCUT2D eigenvalue weighted by molar-refractivity contribution is -0.156. The number of anilines is 9. The minimum Gasteiger partial charge on any atom is -0.464 e. The van der Waals surface area contributed by atoms with E-state index in [1.807, 2.05) is 56.7 Å². The van der Waals surface area contributed by atoms with E-state index in [0.29, 0.717) is 85.6 Å². The van der Waals surface area contributed by atoms with Crippen molar-refractivity contribution in [2.75, 3.05) is 63.5 Å². The number of halogens is 1. The molecule has 4 saturated heterocycles. The number of pyridine rings is 3. The molecule has 0 radical (unpaired) electrons. The van der Waals surface area contributed by atoms with E-state index < -0.39 is 16.8 Å². The second kappa shape index (κ2) is 32.8. The zero-order chi connectivity index (χ0) is 71.3. The quantitative estimate of drug-likeness (QED) is 0.0356. The van der Waals surface area contributed by atoms with Crippen LogP contribution in [0.4, 0.5) is 51.6 Å². The Bertz CT molecular complexity index is 4110. The fourth-order valence-corrected chi connectivity index (χ4v) is 16.3. The molecular weight excluding hydrogens is 1320 g/mol. The number of benzene rings is 3. The molecule has 7 fully saturated rings. The van der Waals surface area contributed by atoms with Gasteiger partial charge in [0.2, 0.25) is 0 Å². The van der Waals surface area contributed by atoms with Crippen molar-refractivity contribution in [3.63, 3.8) is 0 Å². The summed E-state index contributed by atoms with van der Waals surface area (Å²) in [5.74, 6) is 4.47. The van der Waals surface area contributed by atoms with Crippen LogP contribution in [-0.2, 0) is 45.4 Å². The lowest BCUT2D eigenvalue weighted by Gasteiger charge is -2.42. The van der Waals surface area contributed by atoms with Gasteiger partial charge in [-0.3, -0.25) is 14.4 Å². The molecule has 103 heavy (non-hydrogen) atoms. The SMILES string of the molecule is CC(C)C1CCCCN1c1ncc(C2(OC=O)CCC2)cc1Nc1ccc(Cl)cc1.CCOc1ncc(Nc2cc(C3(OC=O)CCC3)cnc2N2C3CCC2CC(c2ccc(C)cc2)C3)cn1.CCOc1ncc(Nc2cc(C3(OC=O)CCC3)cnc2N2CCC(c3ccccc3)CC2)cn1. The molecule has 0 spiro atoms. The molecule has 540 valence electrons. The molecule has 21 nitrogen and oxygen atoms in total. The summed E-state index contributed by atoms with van der Waals surface area (Å²) < 4.78 is 27.5. The smallest absolute Gasteiger partial charge is 0.316 e. The Balaban J connectivity index is 0.000000139. The molecule has 3 aliphatic carbocycles. The van der Waals surface area contributed by atoms with Crippen molar-refractivity contribution in [3.8, 4) is 12.0 Å². The first-order valence-electron chi connectivity index (χ1n) is 37.0. The van der Waals surface area contributed by atoms with Crippen LogP contribution in [-0.4, -0.2) is 105 Å². The van der Waals surface area contributed by atoms with E-state index in [9.17, 15) is 14.4 Å². The van der Waals surface area contributed by atoms with Crippen molar-refractivity contribution >= 4 is 82.6 Å². The minimum atomic E-state index is -0.587. The summed E-state index contributed by atoms with van der Waals surface area (Å²) in [7, 11) is 0. The molecule has 3 aromatic carbocycles. The van der Waals surface area contributed by atoms with Crippen LogP contribution < -0.4 is 40.1 Å². The lowest BCUT2D eigenvalue weighted by Crippen LogP contribution is -2.44. The molecule has 22 heteroatoms. The van der Waals surface area contributed by atoms with Gasteiger partial charge >= 0.3 is 12.0 Å². The zero-order valence-corrected chi connectivity index (χ0v) is 60.6. The van der Waals surface area contributed by atoms with Gasteiger partial charge in [-0.1, -0.05) is 85.6 Å². The lowest BCUT2D eigenvalue weighted by atomic mass is 9.75. The number of nitrogens with one attached hydrogen (secondary N) is 3. The van der Waals surface area contributed by atoms with Gasteiger partial charge in [-0.25, -0.2) is 34.9 Å². The van der Waals surface area contributed by atoms with E-state index in [1.54, 1.807) is 24.8 Å². The van der Waals surface area contributed by atoms with Crippen LogP contribution in [0.25, 0.3) is 0 Å². The molecule has 7 aliphatic rings. The summed E-state index contributed by atoms with van der Waals surface area (Å²) in [5, 5.41) is 11.2. The second-order valence-corrected chi connectivity index (χ2v) is 29.2. The van der Waals surface area contributed by atoms with Gasteiger partial charge in [0.25, 0.3) is 19.4 Å². The molecule has 9 heterocycles. The van der Waals surface area contributed by atoms with Crippen LogP contribution in [0, 0.1) is 12.8 Å². The summed E-state index contributed by atoms with van der Waals surface area (Å²) in [6.45, 7) is 16.1. The van der Waals surface area contributed by atoms with Crippen molar-refractivity contribution in [3.05, 3.63) is 179 Å². The molecule has 4 aliphatic heterocycles. The molecule has 5 aromatic heterocycles. The third-order valence-corrected chi connectivity index (χ3v) is 22.4. The highest BCUT2D eigenvalue weighted by Gasteiger charge is 2.47. The maximum atomic E-state index is 11.3. The topological polar surface area (TPSA) is 233 Å². The number of nitrogens with zero attached hydrogens (tertiary/aromatic N) is 10. The highest BCUT2D eigenvalue weighted by molar-refractivity contribution is 6.30. The molecular formula is C81H96ClN13O8. The van der Waals surface area contributed by atoms with Gasteiger partial charge in [0, 0.05) is 83.8 Å². The van der Waals surface area contributed by atoms with E-state index in [1.165, 1.54) is 48.8 Å². The Morgan fingerprint density at radius 3 is 1.42 bits per heavy atom. The fraction of sp³-hybridized carbons (Fsp3) is 0.457. The van der Waals surface area contributed by atoms with Crippen molar-refractivity contribution in [1.82, 2.24) is 34.9 Å². The average molecular weight is 1420 g/mol. The van der Waals surface area contributed by atoms with E-state index in [2.05, 4.69) is 144 Å². The van der Waals surface area contributed by atoms with E-state index in [0.717, 1.165) is 171 Å². The Hall–Kier alpha value is -9.63. The standard InChI is InChI=1S/C30H35N5O3.C27H31N5O3.C24H30ClN3O2/c1-3-37-29-32-17-24(18-33-29)34-27-15-23(30(38-19-36)11-4-12-30)16-31-28(27)35-25-9-10-26(35)14-22(13-25)21-7-5-20(2)6-8-21;1-2-34-26-29-17-23(18-30-26)31-24-15-22(27(35-19-33)11-6-12-27)16-28-25(24)32-13-9-21(10-14-32)20-7-4-3-5-8-20;1-17(2)22-6-3-4-13-28(22)23-21(27-20-9-7-19(25)8-10-20)14-18(15-26-23)24(30-16-29)11-5-12-24/h5-8,15-19,22,25-26,34H,3-4,9-14H2,1-2H3;3-5,7-8,15-19,21,31H,2,6,9-14H2,1H3;7-10,14-17,22,27H,3-6,11-13H2,1-2H3. The van der Waals surface area contributed by atoms with Crippen molar-refractivity contribution in [2.24, 2.45) is 5.92 Å². The first-order chi connectivity index (χ1) is 50.3. The molecule has 3 saturated carbocycles. The summed E-state index contributed by atoms with van der Waals surface area (Å²) in [4.78, 5) is 73.0. The number of carbonyl (C=O) groups excluding carboxylic acids is 3. The molecule has 0 amide bonds. The van der Waals surface area contributed by atoms with E-state index >= 15 is 0 Å². The number of hydrogen-bond acceptors (Lipinski definition) is 21. The van der Waals surface area contributed by atoms with Crippen LogP contribution in [0.15, 0.2) is 140 Å². The van der Waals surface area contributed by atoms with Gasteiger partial charge in [-0.05, 0) is 208 Å². The van der Waals surface area contributed by atoms with Crippen molar-refractivity contribution < 1.29 is 38.1 Å². The van der Waals surface area contributed by atoms with Gasteiger partial charge < -0.3 is 54.3 Å². The van der Waals surface area contributed by atoms with Crippen LogP contribution >= 0.6 is 11.6 Å². The summed E-state index contributed by atoms with van der Waals surface area (Å²) in [6.07, 6.45) is 30.9. The van der Waals surface area contributed by atoms with Crippen LogP contribution in [0.1, 0.15) is 188 Å². The largest absolute Gasteiger partial charge is 0.464 e. The zero-order valence-electron chi connectivity index (χ0n) is 59.9. The number of aryl methyl sites for hydroxylation is 1. The molecule has 3 N–H and O–H groups in total. The normalized spacial score (nSPS) is 20.5. The summed E-state index contributed by atoms with van der Waals surface area (Å²) in [5.41, 5.74) is 10.4. The highest BCUT2D eigenvalue weighted by atomic mass is 35.5. The van der Waals surface area contributed by atoms with Gasteiger partial charge in [0.15, 0.2) is 17.5 Å². The maximum Gasteiger partial charge on any atom is 0.316 e. The van der Waals surface area contributed by atoms with Gasteiger partial charge in [0.1, 0.15) is 16.8 Å². The Labute approximate surface area is 609 Å². The third-order valence-electron chi connectivity index (χ3n) is 22.2.